The molecule has 0 atom stereocenters. The molecule has 0 aliphatic heterocycles. The van der Waals surface area contributed by atoms with Gasteiger partial charge in [-0.25, -0.2) is 0 Å². The lowest BCUT2D eigenvalue weighted by Gasteiger charge is -2.19. The SMILES string of the molecule is CCCNCc1ccc(N(C)CCO)c(Cl)c1. The number of aliphatic hydroxyl groups is 1. The fourth-order valence-electron chi connectivity index (χ4n) is 1.65. The average Bonchev–Trinajstić information content (AvgIpc) is 2.29. The van der Waals surface area contributed by atoms with Gasteiger partial charge in [-0.05, 0) is 30.7 Å². The molecule has 0 aromatic heterocycles. The van der Waals surface area contributed by atoms with E-state index in [-0.39, 0.29) is 6.61 Å². The Kier molecular flexibility index (Phi) is 6.34. The molecule has 0 heterocycles. The predicted molar refractivity (Wildman–Crippen MR) is 73.8 cm³/mol. The summed E-state index contributed by atoms with van der Waals surface area (Å²) in [5.74, 6) is 0. The molecular weight excluding hydrogens is 236 g/mol. The van der Waals surface area contributed by atoms with E-state index in [1.807, 2.05) is 24.1 Å². The Morgan fingerprint density at radius 2 is 2.18 bits per heavy atom. The summed E-state index contributed by atoms with van der Waals surface area (Å²) in [6.07, 6.45) is 1.13. The number of rotatable bonds is 7. The minimum atomic E-state index is 0.132. The van der Waals surface area contributed by atoms with E-state index in [1.165, 1.54) is 5.56 Å². The van der Waals surface area contributed by atoms with Crippen molar-refractivity contribution in [1.29, 1.82) is 0 Å². The summed E-state index contributed by atoms with van der Waals surface area (Å²) in [4.78, 5) is 1.95. The number of benzene rings is 1. The minimum absolute atomic E-state index is 0.132. The van der Waals surface area contributed by atoms with Crippen LogP contribution < -0.4 is 10.2 Å². The van der Waals surface area contributed by atoms with Crippen molar-refractivity contribution in [2.45, 2.75) is 19.9 Å². The Hall–Kier alpha value is -0.770. The molecule has 96 valence electrons. The van der Waals surface area contributed by atoms with E-state index >= 15 is 0 Å². The van der Waals surface area contributed by atoms with Crippen LogP contribution in [0.15, 0.2) is 18.2 Å². The lowest BCUT2D eigenvalue weighted by Crippen LogP contribution is -2.21. The molecule has 0 saturated heterocycles. The van der Waals surface area contributed by atoms with Crippen LogP contribution >= 0.6 is 11.6 Å². The van der Waals surface area contributed by atoms with Gasteiger partial charge in [0.15, 0.2) is 0 Å². The van der Waals surface area contributed by atoms with E-state index in [4.69, 9.17) is 16.7 Å². The zero-order valence-electron chi connectivity index (χ0n) is 10.5. The molecule has 3 nitrogen and oxygen atoms in total. The maximum Gasteiger partial charge on any atom is 0.0642 e. The van der Waals surface area contributed by atoms with Gasteiger partial charge in [0.2, 0.25) is 0 Å². The van der Waals surface area contributed by atoms with E-state index in [0.29, 0.717) is 6.54 Å². The van der Waals surface area contributed by atoms with Gasteiger partial charge in [0.1, 0.15) is 0 Å². The highest BCUT2D eigenvalue weighted by atomic mass is 35.5. The van der Waals surface area contributed by atoms with Crippen LogP contribution in [0.25, 0.3) is 0 Å². The standard InChI is InChI=1S/C13H21ClN2O/c1-3-6-15-10-11-4-5-13(12(14)9-11)16(2)7-8-17/h4-5,9,15,17H,3,6-8,10H2,1-2H3. The molecule has 1 aromatic rings. The highest BCUT2D eigenvalue weighted by molar-refractivity contribution is 6.33. The van der Waals surface area contributed by atoms with Crippen molar-refractivity contribution in [3.05, 3.63) is 28.8 Å². The van der Waals surface area contributed by atoms with Crippen LogP contribution in [0.3, 0.4) is 0 Å². The second-order valence-corrected chi connectivity index (χ2v) is 4.51. The van der Waals surface area contributed by atoms with Gasteiger partial charge in [-0.2, -0.15) is 0 Å². The van der Waals surface area contributed by atoms with E-state index in [2.05, 4.69) is 18.3 Å². The summed E-state index contributed by atoms with van der Waals surface area (Å²) in [7, 11) is 1.92. The summed E-state index contributed by atoms with van der Waals surface area (Å²) < 4.78 is 0. The largest absolute Gasteiger partial charge is 0.395 e. The van der Waals surface area contributed by atoms with Gasteiger partial charge in [-0.3, -0.25) is 0 Å². The van der Waals surface area contributed by atoms with Crippen LogP contribution in [0, 0.1) is 0 Å². The van der Waals surface area contributed by atoms with Crippen LogP contribution in [0.5, 0.6) is 0 Å². The Morgan fingerprint density at radius 3 is 2.76 bits per heavy atom. The zero-order chi connectivity index (χ0) is 12.7. The Balaban J connectivity index is 2.65. The first-order valence-electron chi connectivity index (χ1n) is 6.00. The number of nitrogens with zero attached hydrogens (tertiary/aromatic N) is 1. The van der Waals surface area contributed by atoms with E-state index in [0.717, 1.165) is 30.2 Å². The molecule has 0 amide bonds. The van der Waals surface area contributed by atoms with E-state index < -0.39 is 0 Å². The number of anilines is 1. The van der Waals surface area contributed by atoms with Gasteiger partial charge in [-0.15, -0.1) is 0 Å². The van der Waals surface area contributed by atoms with Crippen molar-refractivity contribution < 1.29 is 5.11 Å². The molecule has 17 heavy (non-hydrogen) atoms. The summed E-state index contributed by atoms with van der Waals surface area (Å²) in [5.41, 5.74) is 2.14. The lowest BCUT2D eigenvalue weighted by molar-refractivity contribution is 0.304. The number of hydrogen-bond acceptors (Lipinski definition) is 3. The van der Waals surface area contributed by atoms with Gasteiger partial charge in [0, 0.05) is 20.1 Å². The Morgan fingerprint density at radius 1 is 1.41 bits per heavy atom. The topological polar surface area (TPSA) is 35.5 Å². The molecular formula is C13H21ClN2O. The number of nitrogens with one attached hydrogen (secondary N) is 1. The first-order valence-corrected chi connectivity index (χ1v) is 6.38. The third kappa shape index (κ3) is 4.54. The molecule has 1 rings (SSSR count). The van der Waals surface area contributed by atoms with Crippen molar-refractivity contribution >= 4 is 17.3 Å². The van der Waals surface area contributed by atoms with Crippen LogP contribution in [0.1, 0.15) is 18.9 Å². The van der Waals surface area contributed by atoms with Crippen LogP contribution in [-0.2, 0) is 6.54 Å². The summed E-state index contributed by atoms with van der Waals surface area (Å²) >= 11 is 6.22. The molecule has 0 saturated carbocycles. The molecule has 0 unspecified atom stereocenters. The second kappa shape index (κ2) is 7.54. The molecule has 0 radical (unpaired) electrons. The van der Waals surface area contributed by atoms with Gasteiger partial charge in [0.25, 0.3) is 0 Å². The summed E-state index contributed by atoms with van der Waals surface area (Å²) in [5, 5.41) is 13.0. The van der Waals surface area contributed by atoms with Crippen molar-refractivity contribution in [2.75, 3.05) is 31.6 Å². The van der Waals surface area contributed by atoms with E-state index in [9.17, 15) is 0 Å². The van der Waals surface area contributed by atoms with Gasteiger partial charge >= 0.3 is 0 Å². The monoisotopic (exact) mass is 256 g/mol. The van der Waals surface area contributed by atoms with Crippen LogP contribution in [0.2, 0.25) is 5.02 Å². The van der Waals surface area contributed by atoms with Crippen molar-refractivity contribution in [3.63, 3.8) is 0 Å². The molecule has 2 N–H and O–H groups in total. The fraction of sp³-hybridized carbons (Fsp3) is 0.538. The molecule has 0 fully saturated rings. The highest BCUT2D eigenvalue weighted by Gasteiger charge is 2.06. The van der Waals surface area contributed by atoms with Gasteiger partial charge < -0.3 is 15.3 Å². The summed E-state index contributed by atoms with van der Waals surface area (Å²) in [6.45, 7) is 4.73. The highest BCUT2D eigenvalue weighted by Crippen LogP contribution is 2.25. The van der Waals surface area contributed by atoms with E-state index in [1.54, 1.807) is 0 Å². The molecule has 0 aliphatic carbocycles. The third-order valence-corrected chi connectivity index (χ3v) is 2.92. The van der Waals surface area contributed by atoms with Crippen LogP contribution in [0.4, 0.5) is 5.69 Å². The minimum Gasteiger partial charge on any atom is -0.395 e. The average molecular weight is 257 g/mol. The molecule has 0 spiro atoms. The van der Waals surface area contributed by atoms with Gasteiger partial charge in [0.05, 0.1) is 17.3 Å². The summed E-state index contributed by atoms with van der Waals surface area (Å²) in [6, 6.07) is 6.05. The first-order chi connectivity index (χ1) is 8.19. The van der Waals surface area contributed by atoms with Crippen molar-refractivity contribution in [2.24, 2.45) is 0 Å². The lowest BCUT2D eigenvalue weighted by atomic mass is 10.2. The zero-order valence-corrected chi connectivity index (χ0v) is 11.3. The fourth-order valence-corrected chi connectivity index (χ4v) is 2.00. The molecule has 4 heteroatoms. The maximum absolute atomic E-state index is 8.89. The number of halogens is 1. The second-order valence-electron chi connectivity index (χ2n) is 4.11. The quantitative estimate of drug-likeness (QED) is 0.735. The van der Waals surface area contributed by atoms with Crippen molar-refractivity contribution in [3.8, 4) is 0 Å². The van der Waals surface area contributed by atoms with Crippen molar-refractivity contribution in [1.82, 2.24) is 5.32 Å². The normalized spacial score (nSPS) is 10.6. The molecule has 0 bridgehead atoms. The maximum atomic E-state index is 8.89. The number of aliphatic hydroxyl groups excluding tert-OH is 1. The number of likely N-dealkylation sites (N-methyl/N-ethyl adjacent to an activating group) is 1. The Bertz CT molecular complexity index is 344. The Labute approximate surface area is 108 Å². The smallest absolute Gasteiger partial charge is 0.0642 e. The van der Waals surface area contributed by atoms with Gasteiger partial charge in [-0.1, -0.05) is 24.6 Å². The number of hydrogen-bond donors (Lipinski definition) is 2. The first kappa shape index (κ1) is 14.3. The predicted octanol–water partition coefficient (Wildman–Crippen LogP) is 2.27. The third-order valence-electron chi connectivity index (χ3n) is 2.61. The molecule has 0 aliphatic rings. The molecule has 1 aromatic carbocycles. The van der Waals surface area contributed by atoms with Crippen LogP contribution in [-0.4, -0.2) is 31.9 Å².